The highest BCUT2D eigenvalue weighted by Crippen LogP contribution is 2.19. The minimum Gasteiger partial charge on any atom is -0.444 e. The number of nitrogens with zero attached hydrogens (tertiary/aromatic N) is 3. The molecule has 2 heterocycles. The van der Waals surface area contributed by atoms with Gasteiger partial charge in [-0.3, -0.25) is 9.80 Å². The van der Waals surface area contributed by atoms with Gasteiger partial charge in [-0.1, -0.05) is 48.0 Å². The topological polar surface area (TPSA) is 32.5 Å². The van der Waals surface area contributed by atoms with E-state index in [1.807, 2.05) is 30.3 Å². The lowest BCUT2D eigenvalue weighted by Crippen LogP contribution is -2.45. The highest BCUT2D eigenvalue weighted by Gasteiger charge is 2.18. The van der Waals surface area contributed by atoms with Crippen molar-refractivity contribution in [3.05, 3.63) is 77.7 Å². The predicted molar refractivity (Wildman–Crippen MR) is 104 cm³/mol. The molecule has 0 amide bonds. The highest BCUT2D eigenvalue weighted by molar-refractivity contribution is 5.52. The maximum atomic E-state index is 5.66. The first-order valence-corrected chi connectivity index (χ1v) is 9.26. The molecule has 26 heavy (non-hydrogen) atoms. The van der Waals surface area contributed by atoms with Crippen LogP contribution >= 0.6 is 0 Å². The molecule has 0 N–H and O–H groups in total. The third-order valence-corrected chi connectivity index (χ3v) is 4.91. The second-order valence-electron chi connectivity index (χ2n) is 7.05. The standard InChI is InChI=1S/C22H25N3O/c1-18-6-5-7-19(14-18)15-24-10-12-25(13-11-24)16-21-17-26-22(23-21)20-8-3-2-4-9-20/h2-9,14,17H,10-13,15-16H2,1H3. The van der Waals surface area contributed by atoms with Crippen molar-refractivity contribution in [3.8, 4) is 11.5 Å². The summed E-state index contributed by atoms with van der Waals surface area (Å²) < 4.78 is 5.66. The zero-order valence-electron chi connectivity index (χ0n) is 15.3. The molecular formula is C22H25N3O. The van der Waals surface area contributed by atoms with E-state index in [1.54, 1.807) is 6.26 Å². The first-order valence-electron chi connectivity index (χ1n) is 9.26. The summed E-state index contributed by atoms with van der Waals surface area (Å²) in [7, 11) is 0. The van der Waals surface area contributed by atoms with Gasteiger partial charge in [0.25, 0.3) is 0 Å². The molecule has 3 aromatic rings. The molecule has 0 saturated carbocycles. The number of benzene rings is 2. The molecule has 1 aromatic heterocycles. The van der Waals surface area contributed by atoms with Gasteiger partial charge >= 0.3 is 0 Å². The third-order valence-electron chi connectivity index (χ3n) is 4.91. The van der Waals surface area contributed by atoms with Crippen LogP contribution in [-0.2, 0) is 13.1 Å². The van der Waals surface area contributed by atoms with Crippen molar-refractivity contribution >= 4 is 0 Å². The molecule has 0 atom stereocenters. The molecule has 0 aliphatic carbocycles. The predicted octanol–water partition coefficient (Wildman–Crippen LogP) is 3.97. The molecule has 4 nitrogen and oxygen atoms in total. The van der Waals surface area contributed by atoms with E-state index in [9.17, 15) is 0 Å². The van der Waals surface area contributed by atoms with E-state index >= 15 is 0 Å². The average molecular weight is 347 g/mol. The molecule has 2 aromatic carbocycles. The summed E-state index contributed by atoms with van der Waals surface area (Å²) in [5.41, 5.74) is 4.78. The number of hydrogen-bond donors (Lipinski definition) is 0. The Balaban J connectivity index is 1.29. The Kier molecular flexibility index (Phi) is 5.14. The summed E-state index contributed by atoms with van der Waals surface area (Å²) in [6.45, 7) is 8.38. The number of aryl methyl sites for hydroxylation is 1. The first kappa shape index (κ1) is 17.0. The van der Waals surface area contributed by atoms with Crippen LogP contribution in [0.3, 0.4) is 0 Å². The van der Waals surface area contributed by atoms with E-state index in [1.165, 1.54) is 11.1 Å². The molecule has 4 heteroatoms. The summed E-state index contributed by atoms with van der Waals surface area (Å²) in [4.78, 5) is 9.64. The van der Waals surface area contributed by atoms with Gasteiger partial charge in [0.05, 0.1) is 5.69 Å². The van der Waals surface area contributed by atoms with Crippen LogP contribution in [0, 0.1) is 6.92 Å². The molecule has 1 saturated heterocycles. The van der Waals surface area contributed by atoms with E-state index in [2.05, 4.69) is 46.0 Å². The molecule has 0 unspecified atom stereocenters. The smallest absolute Gasteiger partial charge is 0.226 e. The minimum atomic E-state index is 0.707. The molecule has 1 fully saturated rings. The zero-order valence-corrected chi connectivity index (χ0v) is 15.3. The van der Waals surface area contributed by atoms with E-state index in [4.69, 9.17) is 4.42 Å². The summed E-state index contributed by atoms with van der Waals surface area (Å²) in [5.74, 6) is 0.707. The number of aromatic nitrogens is 1. The molecular weight excluding hydrogens is 322 g/mol. The van der Waals surface area contributed by atoms with Crippen LogP contribution in [0.25, 0.3) is 11.5 Å². The van der Waals surface area contributed by atoms with Crippen LogP contribution in [0.1, 0.15) is 16.8 Å². The summed E-state index contributed by atoms with van der Waals surface area (Å²) in [6, 6.07) is 18.9. The van der Waals surface area contributed by atoms with Crippen molar-refractivity contribution in [2.24, 2.45) is 0 Å². The van der Waals surface area contributed by atoms with Crippen molar-refractivity contribution in [2.75, 3.05) is 26.2 Å². The van der Waals surface area contributed by atoms with Gasteiger partial charge < -0.3 is 4.42 Å². The SMILES string of the molecule is Cc1cccc(CN2CCN(Cc3coc(-c4ccccc4)n3)CC2)c1. The Bertz CT molecular complexity index is 835. The lowest BCUT2D eigenvalue weighted by Gasteiger charge is -2.34. The second kappa shape index (κ2) is 7.85. The molecule has 0 bridgehead atoms. The lowest BCUT2D eigenvalue weighted by atomic mass is 10.1. The quantitative estimate of drug-likeness (QED) is 0.699. The van der Waals surface area contributed by atoms with Gasteiger partial charge in [-0.25, -0.2) is 4.98 Å². The van der Waals surface area contributed by atoms with Crippen LogP contribution in [0.2, 0.25) is 0 Å². The van der Waals surface area contributed by atoms with Crippen molar-refractivity contribution < 1.29 is 4.42 Å². The Labute approximate surface area is 155 Å². The fraction of sp³-hybridized carbons (Fsp3) is 0.318. The van der Waals surface area contributed by atoms with Gasteiger partial charge in [0, 0.05) is 44.8 Å². The van der Waals surface area contributed by atoms with Crippen molar-refractivity contribution in [1.29, 1.82) is 0 Å². The summed E-state index contributed by atoms with van der Waals surface area (Å²) in [6.07, 6.45) is 1.79. The summed E-state index contributed by atoms with van der Waals surface area (Å²) in [5, 5.41) is 0. The monoisotopic (exact) mass is 347 g/mol. The van der Waals surface area contributed by atoms with Gasteiger partial charge in [-0.05, 0) is 24.6 Å². The van der Waals surface area contributed by atoms with Gasteiger partial charge in [-0.15, -0.1) is 0 Å². The van der Waals surface area contributed by atoms with Crippen LogP contribution in [0.4, 0.5) is 0 Å². The number of piperazine rings is 1. The molecule has 0 radical (unpaired) electrons. The maximum absolute atomic E-state index is 5.66. The Hall–Kier alpha value is -2.43. The van der Waals surface area contributed by atoms with Crippen LogP contribution < -0.4 is 0 Å². The average Bonchev–Trinajstić information content (AvgIpc) is 3.13. The molecule has 1 aliphatic rings. The van der Waals surface area contributed by atoms with Crippen LogP contribution in [-0.4, -0.2) is 41.0 Å². The number of oxazole rings is 1. The largest absolute Gasteiger partial charge is 0.444 e. The Morgan fingerprint density at radius 1 is 0.885 bits per heavy atom. The van der Waals surface area contributed by atoms with Crippen molar-refractivity contribution in [3.63, 3.8) is 0 Å². The van der Waals surface area contributed by atoms with Crippen molar-refractivity contribution in [1.82, 2.24) is 14.8 Å². The van der Waals surface area contributed by atoms with Crippen LogP contribution in [0.15, 0.2) is 65.3 Å². The zero-order chi connectivity index (χ0) is 17.8. The number of hydrogen-bond acceptors (Lipinski definition) is 4. The van der Waals surface area contributed by atoms with E-state index < -0.39 is 0 Å². The third kappa shape index (κ3) is 4.21. The molecule has 0 spiro atoms. The van der Waals surface area contributed by atoms with Crippen molar-refractivity contribution in [2.45, 2.75) is 20.0 Å². The van der Waals surface area contributed by atoms with Gasteiger partial charge in [0.1, 0.15) is 6.26 Å². The van der Waals surface area contributed by atoms with Crippen LogP contribution in [0.5, 0.6) is 0 Å². The normalized spacial score (nSPS) is 16.0. The molecule has 134 valence electrons. The maximum Gasteiger partial charge on any atom is 0.226 e. The second-order valence-corrected chi connectivity index (χ2v) is 7.05. The Morgan fingerprint density at radius 3 is 2.35 bits per heavy atom. The van der Waals surface area contributed by atoms with E-state index in [-0.39, 0.29) is 0 Å². The molecule has 4 rings (SSSR count). The van der Waals surface area contributed by atoms with E-state index in [0.717, 1.165) is 50.5 Å². The number of rotatable bonds is 5. The van der Waals surface area contributed by atoms with Gasteiger partial charge in [0.15, 0.2) is 0 Å². The van der Waals surface area contributed by atoms with Gasteiger partial charge in [-0.2, -0.15) is 0 Å². The van der Waals surface area contributed by atoms with Gasteiger partial charge in [0.2, 0.25) is 5.89 Å². The Morgan fingerprint density at radius 2 is 1.62 bits per heavy atom. The highest BCUT2D eigenvalue weighted by atomic mass is 16.3. The van der Waals surface area contributed by atoms with E-state index in [0.29, 0.717) is 5.89 Å². The molecule has 1 aliphatic heterocycles. The lowest BCUT2D eigenvalue weighted by molar-refractivity contribution is 0.121. The first-order chi connectivity index (χ1) is 12.8. The minimum absolute atomic E-state index is 0.707. The summed E-state index contributed by atoms with van der Waals surface area (Å²) >= 11 is 0. The fourth-order valence-corrected chi connectivity index (χ4v) is 3.50. The fourth-order valence-electron chi connectivity index (χ4n) is 3.50.